The number of nitrogens with one attached hydrogen (secondary N) is 1. The molecule has 1 unspecified atom stereocenters. The van der Waals surface area contributed by atoms with Crippen LogP contribution in [0.15, 0.2) is 42.7 Å². The first-order valence-electron chi connectivity index (χ1n) is 6.93. The van der Waals surface area contributed by atoms with Crippen LogP contribution in [0.3, 0.4) is 0 Å². The van der Waals surface area contributed by atoms with Crippen LogP contribution in [0.2, 0.25) is 0 Å². The Labute approximate surface area is 113 Å². The van der Waals surface area contributed by atoms with E-state index in [0.29, 0.717) is 5.92 Å². The van der Waals surface area contributed by atoms with Crippen molar-refractivity contribution in [1.29, 1.82) is 0 Å². The molecule has 1 aromatic heterocycles. The van der Waals surface area contributed by atoms with Crippen molar-refractivity contribution < 1.29 is 0 Å². The second kappa shape index (κ2) is 4.35. The first kappa shape index (κ1) is 11.0. The third kappa shape index (κ3) is 1.73. The molecule has 0 bridgehead atoms. The molecule has 0 radical (unpaired) electrons. The van der Waals surface area contributed by atoms with Crippen LogP contribution in [0.4, 0.5) is 11.4 Å². The zero-order valence-corrected chi connectivity index (χ0v) is 10.8. The molecule has 0 saturated carbocycles. The van der Waals surface area contributed by atoms with Crippen molar-refractivity contribution in [3.05, 3.63) is 53.9 Å². The molecule has 96 valence electrons. The lowest BCUT2D eigenvalue weighted by atomic mass is 9.84. The van der Waals surface area contributed by atoms with Crippen LogP contribution in [0.1, 0.15) is 23.5 Å². The zero-order chi connectivity index (χ0) is 12.7. The van der Waals surface area contributed by atoms with Gasteiger partial charge in [0.2, 0.25) is 0 Å². The molecule has 0 fully saturated rings. The number of nitrogens with zero attached hydrogens (tertiary/aromatic N) is 2. The summed E-state index contributed by atoms with van der Waals surface area (Å²) in [5, 5.41) is 3.53. The van der Waals surface area contributed by atoms with Crippen LogP contribution in [-0.2, 0) is 6.54 Å². The van der Waals surface area contributed by atoms with Crippen LogP contribution >= 0.6 is 0 Å². The Bertz CT molecular complexity index is 594. The molecule has 2 aromatic rings. The maximum atomic E-state index is 4.12. The molecular weight excluding hydrogens is 234 g/mol. The topological polar surface area (TPSA) is 28.2 Å². The Morgan fingerprint density at radius 3 is 2.95 bits per heavy atom. The van der Waals surface area contributed by atoms with Gasteiger partial charge in [-0.05, 0) is 35.7 Å². The van der Waals surface area contributed by atoms with Crippen LogP contribution in [0, 0.1) is 0 Å². The number of aromatic nitrogens is 1. The quantitative estimate of drug-likeness (QED) is 0.844. The van der Waals surface area contributed by atoms with E-state index in [9.17, 15) is 0 Å². The summed E-state index contributed by atoms with van der Waals surface area (Å²) in [4.78, 5) is 6.55. The lowest BCUT2D eigenvalue weighted by molar-refractivity contribution is 0.502. The fraction of sp³-hybridized carbons (Fsp3) is 0.312. The standard InChI is InChI=1S/C16H17N3/c1-2-12-10-18-11-13-6-9-19(15(3-1)16(12)13)14-4-7-17-8-5-14/h1-5,7-8,13,18H,6,9-11H2. The minimum Gasteiger partial charge on any atom is -0.341 e. The average molecular weight is 251 g/mol. The smallest absolute Gasteiger partial charge is 0.0449 e. The predicted molar refractivity (Wildman–Crippen MR) is 76.7 cm³/mol. The molecule has 3 nitrogen and oxygen atoms in total. The van der Waals surface area contributed by atoms with Gasteiger partial charge in [-0.1, -0.05) is 12.1 Å². The molecule has 1 aromatic carbocycles. The highest BCUT2D eigenvalue weighted by Gasteiger charge is 2.29. The normalized spacial score (nSPS) is 21.1. The van der Waals surface area contributed by atoms with Crippen LogP contribution in [0.25, 0.3) is 0 Å². The van der Waals surface area contributed by atoms with E-state index in [-0.39, 0.29) is 0 Å². The van der Waals surface area contributed by atoms with Crippen molar-refractivity contribution in [2.75, 3.05) is 18.0 Å². The zero-order valence-electron chi connectivity index (χ0n) is 10.8. The molecule has 1 N–H and O–H groups in total. The molecule has 19 heavy (non-hydrogen) atoms. The summed E-state index contributed by atoms with van der Waals surface area (Å²) in [5.74, 6) is 0.679. The highest BCUT2D eigenvalue weighted by Crippen LogP contribution is 2.42. The fourth-order valence-electron chi connectivity index (χ4n) is 3.39. The second-order valence-corrected chi connectivity index (χ2v) is 5.32. The first-order chi connectivity index (χ1) is 9.43. The van der Waals surface area contributed by atoms with Crippen LogP contribution in [-0.4, -0.2) is 18.1 Å². The number of hydrogen-bond acceptors (Lipinski definition) is 3. The molecular formula is C16H17N3. The van der Waals surface area contributed by atoms with E-state index < -0.39 is 0 Å². The number of rotatable bonds is 1. The molecule has 0 spiro atoms. The Morgan fingerprint density at radius 1 is 1.16 bits per heavy atom. The Kier molecular flexibility index (Phi) is 2.52. The van der Waals surface area contributed by atoms with Gasteiger partial charge in [-0.3, -0.25) is 4.98 Å². The SMILES string of the molecule is c1cc2c3c(c1)N(c1ccncc1)CCC3CNC2. The van der Waals surface area contributed by atoms with Gasteiger partial charge in [0.1, 0.15) is 0 Å². The van der Waals surface area contributed by atoms with Crippen molar-refractivity contribution in [3.8, 4) is 0 Å². The van der Waals surface area contributed by atoms with Gasteiger partial charge < -0.3 is 10.2 Å². The molecule has 3 heteroatoms. The Hall–Kier alpha value is -1.87. The van der Waals surface area contributed by atoms with E-state index in [4.69, 9.17) is 0 Å². The minimum absolute atomic E-state index is 0.679. The van der Waals surface area contributed by atoms with Crippen LogP contribution < -0.4 is 10.2 Å². The van der Waals surface area contributed by atoms with E-state index >= 15 is 0 Å². The van der Waals surface area contributed by atoms with Crippen molar-refractivity contribution in [3.63, 3.8) is 0 Å². The van der Waals surface area contributed by atoms with Gasteiger partial charge in [0.15, 0.2) is 0 Å². The van der Waals surface area contributed by atoms with Crippen LogP contribution in [0.5, 0.6) is 0 Å². The lowest BCUT2D eigenvalue weighted by Gasteiger charge is -2.39. The van der Waals surface area contributed by atoms with Gasteiger partial charge >= 0.3 is 0 Å². The van der Waals surface area contributed by atoms with Gasteiger partial charge in [0.05, 0.1) is 0 Å². The largest absolute Gasteiger partial charge is 0.341 e. The number of pyridine rings is 1. The van der Waals surface area contributed by atoms with E-state index in [2.05, 4.69) is 45.5 Å². The minimum atomic E-state index is 0.679. The van der Waals surface area contributed by atoms with E-state index in [1.807, 2.05) is 12.4 Å². The summed E-state index contributed by atoms with van der Waals surface area (Å²) in [6.45, 7) is 3.21. The third-order valence-corrected chi connectivity index (χ3v) is 4.25. The summed E-state index contributed by atoms with van der Waals surface area (Å²) in [6.07, 6.45) is 4.97. The number of hydrogen-bond donors (Lipinski definition) is 1. The molecule has 0 aliphatic carbocycles. The number of anilines is 2. The summed E-state index contributed by atoms with van der Waals surface area (Å²) < 4.78 is 0. The summed E-state index contributed by atoms with van der Waals surface area (Å²) in [5.41, 5.74) is 5.67. The van der Waals surface area contributed by atoms with Gasteiger partial charge in [0.25, 0.3) is 0 Å². The Morgan fingerprint density at radius 2 is 2.05 bits per heavy atom. The average Bonchev–Trinajstić information content (AvgIpc) is 2.49. The Balaban J connectivity index is 1.85. The molecule has 0 saturated heterocycles. The second-order valence-electron chi connectivity index (χ2n) is 5.32. The molecule has 2 aliphatic rings. The summed E-state index contributed by atoms with van der Waals surface area (Å²) in [7, 11) is 0. The molecule has 1 atom stereocenters. The lowest BCUT2D eigenvalue weighted by Crippen LogP contribution is -2.36. The molecule has 2 aliphatic heterocycles. The van der Waals surface area contributed by atoms with Gasteiger partial charge in [-0.2, -0.15) is 0 Å². The van der Waals surface area contributed by atoms with Crippen molar-refractivity contribution >= 4 is 11.4 Å². The van der Waals surface area contributed by atoms with E-state index in [0.717, 1.165) is 19.6 Å². The molecule has 3 heterocycles. The third-order valence-electron chi connectivity index (χ3n) is 4.25. The van der Waals surface area contributed by atoms with Gasteiger partial charge in [-0.25, -0.2) is 0 Å². The monoisotopic (exact) mass is 251 g/mol. The first-order valence-corrected chi connectivity index (χ1v) is 6.93. The van der Waals surface area contributed by atoms with Crippen molar-refractivity contribution in [1.82, 2.24) is 10.3 Å². The highest BCUT2D eigenvalue weighted by atomic mass is 15.1. The summed E-state index contributed by atoms with van der Waals surface area (Å²) >= 11 is 0. The number of benzene rings is 1. The van der Waals surface area contributed by atoms with E-state index in [1.165, 1.54) is 23.4 Å². The van der Waals surface area contributed by atoms with Gasteiger partial charge in [-0.15, -0.1) is 0 Å². The van der Waals surface area contributed by atoms with Crippen molar-refractivity contribution in [2.24, 2.45) is 0 Å². The highest BCUT2D eigenvalue weighted by molar-refractivity contribution is 5.70. The van der Waals surface area contributed by atoms with Crippen molar-refractivity contribution in [2.45, 2.75) is 18.9 Å². The molecule has 0 amide bonds. The van der Waals surface area contributed by atoms with Gasteiger partial charge in [0, 0.05) is 49.3 Å². The molecule has 4 rings (SSSR count). The summed E-state index contributed by atoms with van der Waals surface area (Å²) in [6, 6.07) is 10.9. The maximum Gasteiger partial charge on any atom is 0.0449 e. The predicted octanol–water partition coefficient (Wildman–Crippen LogP) is 2.81. The fourth-order valence-corrected chi connectivity index (χ4v) is 3.39. The maximum absolute atomic E-state index is 4.12. The van der Waals surface area contributed by atoms with E-state index in [1.54, 1.807) is 5.56 Å².